The van der Waals surface area contributed by atoms with Crippen molar-refractivity contribution >= 4 is 23.8 Å². The van der Waals surface area contributed by atoms with E-state index in [1.54, 1.807) is 39.6 Å². The molecule has 2 amide bonds. The highest BCUT2D eigenvalue weighted by atomic mass is 32.2. The van der Waals surface area contributed by atoms with Crippen LogP contribution in [-0.4, -0.2) is 42.3 Å². The zero-order valence-electron chi connectivity index (χ0n) is 23.1. The monoisotopic (exact) mass is 542 g/mol. The Morgan fingerprint density at radius 1 is 1.00 bits per heavy atom. The minimum absolute atomic E-state index is 0.241. The van der Waals surface area contributed by atoms with E-state index < -0.39 is 17.7 Å². The Morgan fingerprint density at radius 3 is 2.42 bits per heavy atom. The number of amides is 2. The van der Waals surface area contributed by atoms with Crippen LogP contribution in [0, 0.1) is 5.92 Å². The summed E-state index contributed by atoms with van der Waals surface area (Å²) in [6, 6.07) is 14.8. The van der Waals surface area contributed by atoms with Gasteiger partial charge in [0.15, 0.2) is 11.5 Å². The number of nitrogens with one attached hydrogen (secondary N) is 2. The van der Waals surface area contributed by atoms with Crippen molar-refractivity contribution in [2.75, 3.05) is 18.6 Å². The lowest BCUT2D eigenvalue weighted by molar-refractivity contribution is -0.122. The highest BCUT2D eigenvalue weighted by Crippen LogP contribution is 2.29. The quantitative estimate of drug-likeness (QED) is 0.337. The molecule has 7 nitrogen and oxygen atoms in total. The molecule has 1 aliphatic carbocycles. The predicted octanol–water partition coefficient (Wildman–Crippen LogP) is 6.10. The first-order valence-corrected chi connectivity index (χ1v) is 14.6. The zero-order chi connectivity index (χ0) is 27.4. The van der Waals surface area contributed by atoms with Crippen molar-refractivity contribution in [3.8, 4) is 11.5 Å². The summed E-state index contributed by atoms with van der Waals surface area (Å²) in [4.78, 5) is 25.6. The van der Waals surface area contributed by atoms with Crippen LogP contribution in [0.15, 0.2) is 48.5 Å². The molecule has 0 aromatic heterocycles. The minimum Gasteiger partial charge on any atom is -0.493 e. The smallest absolute Gasteiger partial charge is 0.408 e. The van der Waals surface area contributed by atoms with Crippen molar-refractivity contribution in [2.24, 2.45) is 5.92 Å². The largest absolute Gasteiger partial charge is 0.493 e. The number of benzene rings is 2. The maximum Gasteiger partial charge on any atom is 0.408 e. The first-order valence-electron chi connectivity index (χ1n) is 13.4. The van der Waals surface area contributed by atoms with Crippen molar-refractivity contribution in [3.63, 3.8) is 0 Å². The van der Waals surface area contributed by atoms with Crippen LogP contribution in [0.3, 0.4) is 0 Å². The maximum absolute atomic E-state index is 13.2. The van der Waals surface area contributed by atoms with Crippen LogP contribution in [0.4, 0.5) is 4.79 Å². The van der Waals surface area contributed by atoms with Gasteiger partial charge < -0.3 is 24.8 Å². The number of rotatable bonds is 12. The summed E-state index contributed by atoms with van der Waals surface area (Å²) in [6.07, 6.45) is 5.79. The van der Waals surface area contributed by atoms with Crippen molar-refractivity contribution in [2.45, 2.75) is 77.7 Å². The van der Waals surface area contributed by atoms with E-state index in [0.717, 1.165) is 16.9 Å². The topological polar surface area (TPSA) is 85.9 Å². The molecule has 0 aliphatic heterocycles. The van der Waals surface area contributed by atoms with E-state index in [9.17, 15) is 9.59 Å². The number of thioether (sulfide) groups is 1. The van der Waals surface area contributed by atoms with Gasteiger partial charge in [-0.2, -0.15) is 11.8 Å². The molecule has 208 valence electrons. The molecule has 1 saturated carbocycles. The first kappa shape index (κ1) is 29.7. The molecule has 3 rings (SSSR count). The first-order chi connectivity index (χ1) is 18.2. The van der Waals surface area contributed by atoms with Gasteiger partial charge >= 0.3 is 6.09 Å². The molecule has 2 N–H and O–H groups in total. The third-order valence-electron chi connectivity index (χ3n) is 6.30. The Labute approximate surface area is 231 Å². The lowest BCUT2D eigenvalue weighted by atomic mass is 9.91. The van der Waals surface area contributed by atoms with E-state index >= 15 is 0 Å². The molecule has 1 fully saturated rings. The third-order valence-corrected chi connectivity index (χ3v) is 7.58. The average Bonchev–Trinajstić information content (AvgIpc) is 2.90. The SMILES string of the molecule is COc1ccc(CNC(=O)C(CSCC2CCCCC2)NC(=O)OC(C)(C)C)cc1OCc1ccccc1. The Hall–Kier alpha value is -2.87. The van der Waals surface area contributed by atoms with E-state index in [2.05, 4.69) is 10.6 Å². The molecule has 0 heterocycles. The van der Waals surface area contributed by atoms with Gasteiger partial charge in [0.2, 0.25) is 5.91 Å². The van der Waals surface area contributed by atoms with Crippen LogP contribution in [0.25, 0.3) is 0 Å². The van der Waals surface area contributed by atoms with Gasteiger partial charge in [0.05, 0.1) is 7.11 Å². The fraction of sp³-hybridized carbons (Fsp3) is 0.533. The molecule has 0 bridgehead atoms. The summed E-state index contributed by atoms with van der Waals surface area (Å²) in [7, 11) is 1.60. The number of hydrogen-bond donors (Lipinski definition) is 2. The van der Waals surface area contributed by atoms with Crippen molar-refractivity contribution in [1.82, 2.24) is 10.6 Å². The molecule has 1 unspecified atom stereocenters. The van der Waals surface area contributed by atoms with E-state index in [0.29, 0.717) is 36.3 Å². The second-order valence-electron chi connectivity index (χ2n) is 10.7. The second kappa shape index (κ2) is 14.9. The van der Waals surface area contributed by atoms with Gasteiger partial charge in [-0.05, 0) is 68.5 Å². The van der Waals surface area contributed by atoms with E-state index in [-0.39, 0.29) is 5.91 Å². The molecule has 0 radical (unpaired) electrons. The van der Waals surface area contributed by atoms with Gasteiger partial charge in [0, 0.05) is 12.3 Å². The summed E-state index contributed by atoms with van der Waals surface area (Å²) in [5.74, 6) is 3.17. The lowest BCUT2D eigenvalue weighted by Crippen LogP contribution is -2.49. The van der Waals surface area contributed by atoms with Gasteiger partial charge in [-0.1, -0.05) is 55.7 Å². The molecule has 2 aromatic rings. The molecule has 8 heteroatoms. The number of alkyl carbamates (subject to hydrolysis) is 1. The van der Waals surface area contributed by atoms with Gasteiger partial charge in [0.25, 0.3) is 0 Å². The Morgan fingerprint density at radius 2 is 1.74 bits per heavy atom. The molecule has 38 heavy (non-hydrogen) atoms. The second-order valence-corrected chi connectivity index (χ2v) is 11.8. The number of methoxy groups -OCH3 is 1. The van der Waals surface area contributed by atoms with Crippen LogP contribution in [0.1, 0.15) is 64.0 Å². The van der Waals surface area contributed by atoms with Crippen molar-refractivity contribution in [3.05, 3.63) is 59.7 Å². The van der Waals surface area contributed by atoms with Gasteiger partial charge in [-0.25, -0.2) is 4.79 Å². The molecule has 1 atom stereocenters. The summed E-state index contributed by atoms with van der Waals surface area (Å²) in [5.41, 5.74) is 1.28. The lowest BCUT2D eigenvalue weighted by Gasteiger charge is -2.24. The summed E-state index contributed by atoms with van der Waals surface area (Å²) < 4.78 is 16.9. The molecular weight excluding hydrogens is 500 g/mol. The van der Waals surface area contributed by atoms with Gasteiger partial charge in [0.1, 0.15) is 18.2 Å². The van der Waals surface area contributed by atoms with E-state index in [1.807, 2.05) is 48.5 Å². The van der Waals surface area contributed by atoms with Crippen LogP contribution >= 0.6 is 11.8 Å². The molecule has 0 spiro atoms. The molecule has 0 saturated heterocycles. The maximum atomic E-state index is 13.2. The third kappa shape index (κ3) is 10.5. The normalized spacial score (nSPS) is 14.8. The number of ether oxygens (including phenoxy) is 3. The van der Waals surface area contributed by atoms with Crippen LogP contribution in [0.5, 0.6) is 11.5 Å². The average molecular weight is 543 g/mol. The highest BCUT2D eigenvalue weighted by molar-refractivity contribution is 7.99. The molecular formula is C30H42N2O5S. The Balaban J connectivity index is 1.59. The fourth-order valence-electron chi connectivity index (χ4n) is 4.33. The Bertz CT molecular complexity index is 1020. The summed E-state index contributed by atoms with van der Waals surface area (Å²) in [5, 5.41) is 5.75. The van der Waals surface area contributed by atoms with Gasteiger partial charge in [-0.15, -0.1) is 0 Å². The number of hydrogen-bond acceptors (Lipinski definition) is 6. The van der Waals surface area contributed by atoms with Gasteiger partial charge in [-0.3, -0.25) is 4.79 Å². The van der Waals surface area contributed by atoms with Crippen molar-refractivity contribution in [1.29, 1.82) is 0 Å². The van der Waals surface area contributed by atoms with Crippen LogP contribution in [-0.2, 0) is 22.7 Å². The highest BCUT2D eigenvalue weighted by Gasteiger charge is 2.25. The summed E-state index contributed by atoms with van der Waals surface area (Å²) >= 11 is 1.72. The molecule has 1 aliphatic rings. The van der Waals surface area contributed by atoms with Crippen LogP contribution in [0.2, 0.25) is 0 Å². The van der Waals surface area contributed by atoms with E-state index in [4.69, 9.17) is 14.2 Å². The minimum atomic E-state index is -0.689. The number of carbonyl (C=O) groups excluding carboxylic acids is 2. The fourth-order valence-corrected chi connectivity index (χ4v) is 5.60. The van der Waals surface area contributed by atoms with Crippen molar-refractivity contribution < 1.29 is 23.8 Å². The van der Waals surface area contributed by atoms with E-state index in [1.165, 1.54) is 32.1 Å². The standard InChI is InChI=1S/C30H42N2O5S/c1-30(2,3)37-29(34)32-25(21-38-20-23-13-9-6-10-14-23)28(33)31-18-24-15-16-26(35-4)27(17-24)36-19-22-11-7-5-8-12-22/h5,7-8,11-12,15-17,23,25H,6,9-10,13-14,18-21H2,1-4H3,(H,31,33)(H,32,34). The summed E-state index contributed by atoms with van der Waals surface area (Å²) in [6.45, 7) is 6.12. The van der Waals surface area contributed by atoms with Crippen LogP contribution < -0.4 is 20.1 Å². The Kier molecular flexibility index (Phi) is 11.6. The predicted molar refractivity (Wildman–Crippen MR) is 153 cm³/mol. The number of carbonyl (C=O) groups is 2. The molecule has 2 aromatic carbocycles. The zero-order valence-corrected chi connectivity index (χ0v) is 23.9.